The molecule has 29 heavy (non-hydrogen) atoms. The van der Waals surface area contributed by atoms with Crippen LogP contribution in [0.15, 0.2) is 58.9 Å². The van der Waals surface area contributed by atoms with Crippen LogP contribution in [-0.4, -0.2) is 21.9 Å². The Morgan fingerprint density at radius 2 is 1.90 bits per heavy atom. The number of hydrogen-bond acceptors (Lipinski definition) is 6. The van der Waals surface area contributed by atoms with Gasteiger partial charge in [0.2, 0.25) is 11.0 Å². The standard InChI is InChI=1S/C22H23N3O2S2/c1-3-14-28-22-25-24-21(29-22)23-20(26)13-10-17-8-11-19(12-9-17)27-15-18-6-4-16(2)5-7-18/h4-13H,3,14-15H2,1-2H3,(H,23,24,26)/b13-10+. The van der Waals surface area contributed by atoms with Gasteiger partial charge in [0.15, 0.2) is 4.34 Å². The van der Waals surface area contributed by atoms with Gasteiger partial charge in [-0.25, -0.2) is 0 Å². The van der Waals surface area contributed by atoms with Crippen LogP contribution in [0.4, 0.5) is 5.13 Å². The maximum Gasteiger partial charge on any atom is 0.250 e. The van der Waals surface area contributed by atoms with Gasteiger partial charge in [-0.2, -0.15) is 0 Å². The molecule has 0 aliphatic carbocycles. The topological polar surface area (TPSA) is 64.1 Å². The minimum atomic E-state index is -0.229. The van der Waals surface area contributed by atoms with Crippen LogP contribution in [0.1, 0.15) is 30.0 Å². The second kappa shape index (κ2) is 10.8. The van der Waals surface area contributed by atoms with Crippen LogP contribution in [0.25, 0.3) is 6.08 Å². The van der Waals surface area contributed by atoms with E-state index in [0.717, 1.165) is 33.4 Å². The van der Waals surface area contributed by atoms with Gasteiger partial charge in [-0.3, -0.25) is 10.1 Å². The molecule has 0 aliphatic rings. The number of carbonyl (C=O) groups is 1. The molecule has 0 spiro atoms. The summed E-state index contributed by atoms with van der Waals surface area (Å²) in [5.74, 6) is 1.55. The lowest BCUT2D eigenvalue weighted by atomic mass is 10.1. The number of benzene rings is 2. The van der Waals surface area contributed by atoms with Gasteiger partial charge < -0.3 is 4.74 Å². The lowest BCUT2D eigenvalue weighted by molar-refractivity contribution is -0.111. The van der Waals surface area contributed by atoms with Crippen molar-refractivity contribution in [3.63, 3.8) is 0 Å². The highest BCUT2D eigenvalue weighted by atomic mass is 32.2. The summed E-state index contributed by atoms with van der Waals surface area (Å²) in [6.45, 7) is 4.71. The van der Waals surface area contributed by atoms with E-state index < -0.39 is 0 Å². The van der Waals surface area contributed by atoms with E-state index >= 15 is 0 Å². The van der Waals surface area contributed by atoms with Crippen molar-refractivity contribution in [3.05, 3.63) is 71.3 Å². The van der Waals surface area contributed by atoms with Crippen LogP contribution in [0.5, 0.6) is 5.75 Å². The summed E-state index contributed by atoms with van der Waals surface area (Å²) >= 11 is 3.03. The molecule has 0 bridgehead atoms. The molecular weight excluding hydrogens is 402 g/mol. The molecule has 0 radical (unpaired) electrons. The number of aromatic nitrogens is 2. The Balaban J connectivity index is 1.48. The van der Waals surface area contributed by atoms with Gasteiger partial charge in [-0.05, 0) is 42.7 Å². The van der Waals surface area contributed by atoms with Gasteiger partial charge in [0.25, 0.3) is 0 Å². The molecule has 1 aromatic heterocycles. The zero-order chi connectivity index (χ0) is 20.5. The smallest absolute Gasteiger partial charge is 0.250 e. The number of anilines is 1. The van der Waals surface area contributed by atoms with Gasteiger partial charge >= 0.3 is 0 Å². The Morgan fingerprint density at radius 3 is 2.62 bits per heavy atom. The average molecular weight is 426 g/mol. The van der Waals surface area contributed by atoms with Crippen LogP contribution < -0.4 is 10.1 Å². The molecule has 150 valence electrons. The molecule has 7 heteroatoms. The largest absolute Gasteiger partial charge is 0.489 e. The molecule has 0 unspecified atom stereocenters. The Kier molecular flexibility index (Phi) is 7.84. The Morgan fingerprint density at radius 1 is 1.14 bits per heavy atom. The SMILES string of the molecule is CCCSc1nnc(NC(=O)/C=C/c2ccc(OCc3ccc(C)cc3)cc2)s1. The molecule has 3 rings (SSSR count). The highest BCUT2D eigenvalue weighted by Crippen LogP contribution is 2.25. The van der Waals surface area contributed by atoms with E-state index in [1.807, 2.05) is 24.3 Å². The summed E-state index contributed by atoms with van der Waals surface area (Å²) in [4.78, 5) is 12.1. The highest BCUT2D eigenvalue weighted by Gasteiger charge is 2.06. The van der Waals surface area contributed by atoms with Gasteiger partial charge in [0, 0.05) is 11.8 Å². The molecule has 2 aromatic carbocycles. The molecule has 0 atom stereocenters. The fourth-order valence-electron chi connectivity index (χ4n) is 2.35. The van der Waals surface area contributed by atoms with E-state index in [-0.39, 0.29) is 5.91 Å². The number of nitrogens with zero attached hydrogens (tertiary/aromatic N) is 2. The summed E-state index contributed by atoms with van der Waals surface area (Å²) < 4.78 is 6.67. The van der Waals surface area contributed by atoms with E-state index in [2.05, 4.69) is 53.6 Å². The first-order valence-electron chi connectivity index (χ1n) is 9.36. The van der Waals surface area contributed by atoms with Crippen LogP contribution >= 0.6 is 23.1 Å². The number of thioether (sulfide) groups is 1. The summed E-state index contributed by atoms with van der Waals surface area (Å²) in [6, 6.07) is 15.9. The first kappa shape index (κ1) is 21.1. The highest BCUT2D eigenvalue weighted by molar-refractivity contribution is 8.01. The van der Waals surface area contributed by atoms with Crippen LogP contribution in [0, 0.1) is 6.92 Å². The molecule has 1 N–H and O–H groups in total. The predicted octanol–water partition coefficient (Wildman–Crippen LogP) is 5.58. The molecular formula is C22H23N3O2S2. The van der Waals surface area contributed by atoms with E-state index in [1.54, 1.807) is 17.8 Å². The van der Waals surface area contributed by atoms with Crippen molar-refractivity contribution in [2.24, 2.45) is 0 Å². The molecule has 3 aromatic rings. The number of rotatable bonds is 9. The van der Waals surface area contributed by atoms with Crippen molar-refractivity contribution in [2.75, 3.05) is 11.1 Å². The maximum absolute atomic E-state index is 12.1. The summed E-state index contributed by atoms with van der Waals surface area (Å²) in [5, 5.41) is 11.3. The third kappa shape index (κ3) is 7.03. The third-order valence-corrected chi connectivity index (χ3v) is 6.08. The van der Waals surface area contributed by atoms with Crippen molar-refractivity contribution in [3.8, 4) is 5.75 Å². The minimum Gasteiger partial charge on any atom is -0.489 e. The van der Waals surface area contributed by atoms with Gasteiger partial charge in [-0.15, -0.1) is 10.2 Å². The van der Waals surface area contributed by atoms with Crippen LogP contribution in [0.3, 0.4) is 0 Å². The predicted molar refractivity (Wildman–Crippen MR) is 121 cm³/mol. The molecule has 0 saturated carbocycles. The number of carbonyl (C=O) groups excluding carboxylic acids is 1. The summed E-state index contributed by atoms with van der Waals surface area (Å²) in [5.41, 5.74) is 3.28. The number of ether oxygens (including phenoxy) is 1. The lowest BCUT2D eigenvalue weighted by Crippen LogP contribution is -2.07. The van der Waals surface area contributed by atoms with E-state index in [4.69, 9.17) is 4.74 Å². The second-order valence-corrected chi connectivity index (χ2v) is 8.71. The van der Waals surface area contributed by atoms with Crippen molar-refractivity contribution < 1.29 is 9.53 Å². The Bertz CT molecular complexity index is 951. The second-order valence-electron chi connectivity index (χ2n) is 6.39. The molecule has 0 aliphatic heterocycles. The van der Waals surface area contributed by atoms with Crippen LogP contribution in [0.2, 0.25) is 0 Å². The van der Waals surface area contributed by atoms with E-state index in [9.17, 15) is 4.79 Å². The Hall–Kier alpha value is -2.64. The summed E-state index contributed by atoms with van der Waals surface area (Å²) in [6.07, 6.45) is 4.32. The summed E-state index contributed by atoms with van der Waals surface area (Å²) in [7, 11) is 0. The van der Waals surface area contributed by atoms with Gasteiger partial charge in [-0.1, -0.05) is 72.0 Å². The van der Waals surface area contributed by atoms with Crippen molar-refractivity contribution in [1.82, 2.24) is 10.2 Å². The molecule has 1 amide bonds. The van der Waals surface area contributed by atoms with E-state index in [1.165, 1.54) is 23.0 Å². The minimum absolute atomic E-state index is 0.229. The quantitative estimate of drug-likeness (QED) is 0.275. The normalized spacial score (nSPS) is 11.0. The van der Waals surface area contributed by atoms with Gasteiger partial charge in [0.05, 0.1) is 0 Å². The molecule has 0 saturated heterocycles. The van der Waals surface area contributed by atoms with Crippen molar-refractivity contribution in [1.29, 1.82) is 0 Å². The fraction of sp³-hybridized carbons (Fsp3) is 0.227. The molecule has 0 fully saturated rings. The molecule has 5 nitrogen and oxygen atoms in total. The Labute approximate surface area is 179 Å². The first-order chi connectivity index (χ1) is 14.1. The number of nitrogens with one attached hydrogen (secondary N) is 1. The van der Waals surface area contributed by atoms with E-state index in [0.29, 0.717) is 11.7 Å². The van der Waals surface area contributed by atoms with Gasteiger partial charge in [0.1, 0.15) is 12.4 Å². The maximum atomic E-state index is 12.1. The lowest BCUT2D eigenvalue weighted by Gasteiger charge is -2.07. The number of amides is 1. The zero-order valence-corrected chi connectivity index (χ0v) is 18.1. The monoisotopic (exact) mass is 425 g/mol. The third-order valence-electron chi connectivity index (χ3n) is 3.90. The first-order valence-corrected chi connectivity index (χ1v) is 11.2. The number of aryl methyl sites for hydroxylation is 1. The van der Waals surface area contributed by atoms with Crippen molar-refractivity contribution in [2.45, 2.75) is 31.2 Å². The average Bonchev–Trinajstić information content (AvgIpc) is 3.18. The van der Waals surface area contributed by atoms with Crippen LogP contribution in [-0.2, 0) is 11.4 Å². The fourth-order valence-corrected chi connectivity index (χ4v) is 4.03. The van der Waals surface area contributed by atoms with Crippen molar-refractivity contribution >= 4 is 40.2 Å². The molecule has 1 heterocycles. The number of hydrogen-bond donors (Lipinski definition) is 1. The zero-order valence-electron chi connectivity index (χ0n) is 16.4.